The van der Waals surface area contributed by atoms with Crippen LogP contribution in [0, 0.1) is 5.82 Å². The third kappa shape index (κ3) is 4.33. The highest BCUT2D eigenvalue weighted by Crippen LogP contribution is 2.21. The second kappa shape index (κ2) is 6.96. The summed E-state index contributed by atoms with van der Waals surface area (Å²) >= 11 is 0. The minimum atomic E-state index is -0.852. The number of aliphatic hydroxyl groups excluding tert-OH is 1. The fourth-order valence-corrected chi connectivity index (χ4v) is 1.48. The van der Waals surface area contributed by atoms with Gasteiger partial charge in [-0.3, -0.25) is 4.79 Å². The van der Waals surface area contributed by atoms with Crippen molar-refractivity contribution in [1.29, 1.82) is 0 Å². The third-order valence-corrected chi connectivity index (χ3v) is 2.39. The van der Waals surface area contributed by atoms with Gasteiger partial charge in [0.1, 0.15) is 11.6 Å². The van der Waals surface area contributed by atoms with Gasteiger partial charge in [0.05, 0.1) is 19.1 Å². The summed E-state index contributed by atoms with van der Waals surface area (Å²) in [6.07, 6.45) is -0.623. The molecule has 1 amide bonds. The van der Waals surface area contributed by atoms with E-state index in [-0.39, 0.29) is 24.5 Å². The second-order valence-electron chi connectivity index (χ2n) is 3.91. The summed E-state index contributed by atoms with van der Waals surface area (Å²) in [6.45, 7) is 4.10. The Morgan fingerprint density at radius 3 is 2.83 bits per heavy atom. The van der Waals surface area contributed by atoms with Gasteiger partial charge in [0.25, 0.3) is 0 Å². The van der Waals surface area contributed by atoms with Crippen LogP contribution in [0.4, 0.5) is 4.39 Å². The van der Waals surface area contributed by atoms with E-state index in [1.54, 1.807) is 6.07 Å². The van der Waals surface area contributed by atoms with Gasteiger partial charge in [0.2, 0.25) is 5.91 Å². The maximum absolute atomic E-state index is 13.5. The zero-order chi connectivity index (χ0) is 13.5. The Labute approximate surface area is 106 Å². The first-order valence-electron chi connectivity index (χ1n) is 5.91. The predicted octanol–water partition coefficient (Wildman–Crippen LogP) is 1.78. The van der Waals surface area contributed by atoms with Crippen LogP contribution in [0.5, 0.6) is 5.75 Å². The number of carbonyl (C=O) groups is 1. The molecule has 0 fully saturated rings. The van der Waals surface area contributed by atoms with Crippen molar-refractivity contribution in [2.45, 2.75) is 26.4 Å². The number of rotatable bonds is 6. The average molecular weight is 255 g/mol. The normalized spacial score (nSPS) is 12.0. The van der Waals surface area contributed by atoms with Crippen LogP contribution >= 0.6 is 0 Å². The van der Waals surface area contributed by atoms with Gasteiger partial charge in [-0.05, 0) is 26.0 Å². The second-order valence-corrected chi connectivity index (χ2v) is 3.91. The van der Waals surface area contributed by atoms with E-state index in [9.17, 15) is 14.3 Å². The molecule has 5 heteroatoms. The Balaban J connectivity index is 2.49. The smallest absolute Gasteiger partial charge is 0.223 e. The van der Waals surface area contributed by atoms with Gasteiger partial charge < -0.3 is 15.2 Å². The fraction of sp³-hybridized carbons (Fsp3) is 0.462. The lowest BCUT2D eigenvalue weighted by atomic mass is 10.1. The Kier molecular flexibility index (Phi) is 5.58. The molecular weight excluding hydrogens is 237 g/mol. The van der Waals surface area contributed by atoms with Crippen LogP contribution < -0.4 is 10.1 Å². The van der Waals surface area contributed by atoms with E-state index in [1.165, 1.54) is 19.1 Å². The number of amides is 1. The molecule has 0 saturated heterocycles. The van der Waals surface area contributed by atoms with Crippen molar-refractivity contribution in [2.75, 3.05) is 13.2 Å². The lowest BCUT2D eigenvalue weighted by Gasteiger charge is -2.09. The third-order valence-electron chi connectivity index (χ3n) is 2.39. The summed E-state index contributed by atoms with van der Waals surface area (Å²) in [6, 6.07) is 4.25. The van der Waals surface area contributed by atoms with Gasteiger partial charge in [-0.2, -0.15) is 0 Å². The van der Waals surface area contributed by atoms with Gasteiger partial charge in [0.15, 0.2) is 0 Å². The Morgan fingerprint density at radius 1 is 1.56 bits per heavy atom. The first-order chi connectivity index (χ1) is 8.54. The Hall–Kier alpha value is -1.62. The molecule has 2 N–H and O–H groups in total. The minimum Gasteiger partial charge on any atom is -0.493 e. The molecule has 4 nitrogen and oxygen atoms in total. The van der Waals surface area contributed by atoms with E-state index in [4.69, 9.17) is 4.74 Å². The molecule has 1 atom stereocenters. The number of aliphatic hydroxyl groups is 1. The minimum absolute atomic E-state index is 0.0985. The lowest BCUT2D eigenvalue weighted by Crippen LogP contribution is -2.24. The van der Waals surface area contributed by atoms with Crippen molar-refractivity contribution < 1.29 is 19.0 Å². The number of halogens is 1. The standard InChI is InChI=1S/C13H18FNO3/c1-3-15-13(17)6-7-18-10-4-5-11(9(2)16)12(14)8-10/h4-5,8-9,16H,3,6-7H2,1-2H3,(H,15,17)/t9-/m1/s1. The van der Waals surface area contributed by atoms with Crippen molar-refractivity contribution in [2.24, 2.45) is 0 Å². The van der Waals surface area contributed by atoms with E-state index in [1.807, 2.05) is 6.92 Å². The molecule has 1 rings (SSSR count). The van der Waals surface area contributed by atoms with Gasteiger partial charge in [-0.1, -0.05) is 0 Å². The summed E-state index contributed by atoms with van der Waals surface area (Å²) in [5.41, 5.74) is 0.228. The van der Waals surface area contributed by atoms with Crippen LogP contribution in [0.25, 0.3) is 0 Å². The molecule has 1 aromatic carbocycles. The maximum atomic E-state index is 13.5. The largest absolute Gasteiger partial charge is 0.493 e. The molecule has 0 spiro atoms. The zero-order valence-corrected chi connectivity index (χ0v) is 10.6. The first kappa shape index (κ1) is 14.4. The molecule has 0 radical (unpaired) electrons. The number of hydrogen-bond acceptors (Lipinski definition) is 3. The summed E-state index contributed by atoms with van der Waals surface area (Å²) in [7, 11) is 0. The lowest BCUT2D eigenvalue weighted by molar-refractivity contribution is -0.121. The maximum Gasteiger partial charge on any atom is 0.223 e. The molecule has 1 aromatic rings. The van der Waals surface area contributed by atoms with Crippen molar-refractivity contribution in [3.05, 3.63) is 29.6 Å². The van der Waals surface area contributed by atoms with Crippen molar-refractivity contribution in [1.82, 2.24) is 5.32 Å². The van der Waals surface area contributed by atoms with Crippen molar-refractivity contribution in [3.63, 3.8) is 0 Å². The van der Waals surface area contributed by atoms with E-state index in [2.05, 4.69) is 5.32 Å². The quantitative estimate of drug-likeness (QED) is 0.814. The summed E-state index contributed by atoms with van der Waals surface area (Å²) in [5.74, 6) is -0.264. The van der Waals surface area contributed by atoms with Crippen LogP contribution in [0.1, 0.15) is 31.9 Å². The zero-order valence-electron chi connectivity index (χ0n) is 10.6. The van der Waals surface area contributed by atoms with Crippen LogP contribution in [-0.4, -0.2) is 24.2 Å². The highest BCUT2D eigenvalue weighted by molar-refractivity contribution is 5.75. The number of carbonyl (C=O) groups excluding carboxylic acids is 1. The molecule has 0 saturated carbocycles. The van der Waals surface area contributed by atoms with Gasteiger partial charge in [-0.25, -0.2) is 4.39 Å². The molecule has 0 bridgehead atoms. The highest BCUT2D eigenvalue weighted by Gasteiger charge is 2.09. The highest BCUT2D eigenvalue weighted by atomic mass is 19.1. The van der Waals surface area contributed by atoms with Crippen LogP contribution in [0.15, 0.2) is 18.2 Å². The van der Waals surface area contributed by atoms with Crippen LogP contribution in [-0.2, 0) is 4.79 Å². The molecule has 0 aliphatic rings. The SMILES string of the molecule is CCNC(=O)CCOc1ccc([C@@H](C)O)c(F)c1. The van der Waals surface area contributed by atoms with Crippen molar-refractivity contribution >= 4 is 5.91 Å². The van der Waals surface area contributed by atoms with E-state index >= 15 is 0 Å². The van der Waals surface area contributed by atoms with Gasteiger partial charge in [0, 0.05) is 18.2 Å². The van der Waals surface area contributed by atoms with Crippen molar-refractivity contribution in [3.8, 4) is 5.75 Å². The van der Waals surface area contributed by atoms with Gasteiger partial charge in [-0.15, -0.1) is 0 Å². The van der Waals surface area contributed by atoms with Crippen LogP contribution in [0.2, 0.25) is 0 Å². The molecule has 100 valence electrons. The van der Waals surface area contributed by atoms with Gasteiger partial charge >= 0.3 is 0 Å². The number of nitrogens with one attached hydrogen (secondary N) is 1. The summed E-state index contributed by atoms with van der Waals surface area (Å²) in [4.78, 5) is 11.1. The molecule has 0 unspecified atom stereocenters. The number of ether oxygens (including phenoxy) is 1. The molecule has 0 heterocycles. The van der Waals surface area contributed by atoms with Crippen LogP contribution in [0.3, 0.4) is 0 Å². The number of hydrogen-bond donors (Lipinski definition) is 2. The topological polar surface area (TPSA) is 58.6 Å². The summed E-state index contributed by atoms with van der Waals surface area (Å²) < 4.78 is 18.7. The molecule has 0 aliphatic carbocycles. The monoisotopic (exact) mass is 255 g/mol. The fourth-order valence-electron chi connectivity index (χ4n) is 1.48. The Bertz CT molecular complexity index is 407. The van der Waals surface area contributed by atoms with E-state index < -0.39 is 11.9 Å². The first-order valence-corrected chi connectivity index (χ1v) is 5.91. The summed E-state index contributed by atoms with van der Waals surface area (Å²) in [5, 5.41) is 11.9. The Morgan fingerprint density at radius 2 is 2.28 bits per heavy atom. The molecule has 0 aromatic heterocycles. The predicted molar refractivity (Wildman–Crippen MR) is 65.8 cm³/mol. The molecular formula is C13H18FNO3. The van der Waals surface area contributed by atoms with E-state index in [0.29, 0.717) is 12.3 Å². The molecule has 0 aliphatic heterocycles. The van der Waals surface area contributed by atoms with E-state index in [0.717, 1.165) is 0 Å². The average Bonchev–Trinajstić information content (AvgIpc) is 2.29. The number of benzene rings is 1. The molecule has 18 heavy (non-hydrogen) atoms.